The Labute approximate surface area is 111 Å². The van der Waals surface area contributed by atoms with Gasteiger partial charge < -0.3 is 9.84 Å². The summed E-state index contributed by atoms with van der Waals surface area (Å²) in [5, 5.41) is 9.26. The fourth-order valence-corrected chi connectivity index (χ4v) is 1.67. The highest BCUT2D eigenvalue weighted by Crippen LogP contribution is 2.28. The topological polar surface area (TPSA) is 59.4 Å². The van der Waals surface area contributed by atoms with E-state index in [4.69, 9.17) is 9.84 Å². The van der Waals surface area contributed by atoms with Crippen LogP contribution in [0.2, 0.25) is 0 Å². The molecule has 7 heteroatoms. The number of aromatic nitrogens is 1. The van der Waals surface area contributed by atoms with E-state index in [1.807, 2.05) is 0 Å². The van der Waals surface area contributed by atoms with Gasteiger partial charge in [0.15, 0.2) is 0 Å². The minimum atomic E-state index is -4.75. The molecule has 106 valence electrons. The number of hydrogen-bond donors (Lipinski definition) is 1. The van der Waals surface area contributed by atoms with E-state index in [1.54, 1.807) is 18.2 Å². The molecule has 0 radical (unpaired) electrons. The van der Waals surface area contributed by atoms with Crippen LogP contribution < -0.4 is 4.74 Å². The molecule has 1 aromatic heterocycles. The van der Waals surface area contributed by atoms with Crippen molar-refractivity contribution in [3.8, 4) is 5.75 Å². The molecule has 0 saturated carbocycles. The molecule has 1 heterocycles. The van der Waals surface area contributed by atoms with E-state index >= 15 is 0 Å². The van der Waals surface area contributed by atoms with Crippen LogP contribution in [-0.4, -0.2) is 28.3 Å². The summed E-state index contributed by atoms with van der Waals surface area (Å²) < 4.78 is 42.8. The van der Waals surface area contributed by atoms with Crippen molar-refractivity contribution < 1.29 is 27.8 Å². The summed E-state index contributed by atoms with van der Waals surface area (Å²) in [7, 11) is 0. The average molecular weight is 285 g/mol. The number of pyridine rings is 1. The highest BCUT2D eigenvalue weighted by Gasteiger charge is 2.43. The monoisotopic (exact) mass is 285 g/mol. The van der Waals surface area contributed by atoms with Crippen molar-refractivity contribution in [3.05, 3.63) is 36.5 Å². The zero-order valence-electron chi connectivity index (χ0n) is 10.1. The summed E-state index contributed by atoms with van der Waals surface area (Å²) in [6.45, 7) is 0. The first kappa shape index (κ1) is 14.1. The Kier molecular flexibility index (Phi) is 3.78. The molecular formula is C13H10F3NO3. The third-order valence-corrected chi connectivity index (χ3v) is 2.58. The molecule has 0 aliphatic heterocycles. The molecule has 0 amide bonds. The normalized spacial score (nSPS) is 13.2. The molecule has 4 nitrogen and oxygen atoms in total. The van der Waals surface area contributed by atoms with Gasteiger partial charge in [0.2, 0.25) is 6.10 Å². The van der Waals surface area contributed by atoms with E-state index in [-0.39, 0.29) is 5.75 Å². The Balaban J connectivity index is 2.26. The predicted molar refractivity (Wildman–Crippen MR) is 64.5 cm³/mol. The van der Waals surface area contributed by atoms with E-state index < -0.39 is 24.7 Å². The number of ether oxygens (including phenoxy) is 1. The van der Waals surface area contributed by atoms with Gasteiger partial charge in [0.25, 0.3) is 0 Å². The van der Waals surface area contributed by atoms with Crippen LogP contribution in [0.1, 0.15) is 6.42 Å². The molecule has 0 spiro atoms. The molecule has 0 fully saturated rings. The molecule has 20 heavy (non-hydrogen) atoms. The van der Waals surface area contributed by atoms with Crippen molar-refractivity contribution in [2.45, 2.75) is 18.7 Å². The van der Waals surface area contributed by atoms with Crippen LogP contribution >= 0.6 is 0 Å². The van der Waals surface area contributed by atoms with Gasteiger partial charge in [0.1, 0.15) is 5.75 Å². The number of carboxylic acids is 1. The van der Waals surface area contributed by atoms with Crippen LogP contribution in [0, 0.1) is 0 Å². The van der Waals surface area contributed by atoms with Crippen LogP contribution in [0.4, 0.5) is 13.2 Å². The Hall–Kier alpha value is -2.31. The van der Waals surface area contributed by atoms with E-state index in [0.717, 1.165) is 5.39 Å². The standard InChI is InChI=1S/C13H10F3NO3/c14-13(15,16)11(7-12(18)19)20-9-4-3-8-2-1-5-17-10(8)6-9/h1-6,11H,7H2,(H,18,19). The number of fused-ring (bicyclic) bond motifs is 1. The van der Waals surface area contributed by atoms with Gasteiger partial charge in [-0.25, -0.2) is 0 Å². The molecule has 2 rings (SSSR count). The first-order chi connectivity index (χ1) is 9.36. The number of halogens is 3. The number of hydrogen-bond acceptors (Lipinski definition) is 3. The Morgan fingerprint density at radius 2 is 2.10 bits per heavy atom. The average Bonchev–Trinajstić information content (AvgIpc) is 2.36. The van der Waals surface area contributed by atoms with E-state index in [2.05, 4.69) is 4.98 Å². The zero-order chi connectivity index (χ0) is 14.8. The predicted octanol–water partition coefficient (Wildman–Crippen LogP) is 3.02. The SMILES string of the molecule is O=C(O)CC(Oc1ccc2cccnc2c1)C(F)(F)F. The van der Waals surface area contributed by atoms with Crippen molar-refractivity contribution >= 4 is 16.9 Å². The highest BCUT2D eigenvalue weighted by molar-refractivity contribution is 5.79. The molecule has 0 aliphatic rings. The lowest BCUT2D eigenvalue weighted by atomic mass is 10.2. The number of carboxylic acid groups (broad SMARTS) is 1. The van der Waals surface area contributed by atoms with E-state index in [0.29, 0.717) is 5.52 Å². The summed E-state index contributed by atoms with van der Waals surface area (Å²) in [6, 6.07) is 7.71. The minimum absolute atomic E-state index is 0.0697. The van der Waals surface area contributed by atoms with Gasteiger partial charge in [0, 0.05) is 17.6 Å². The van der Waals surface area contributed by atoms with Crippen LogP contribution in [0.15, 0.2) is 36.5 Å². The van der Waals surface area contributed by atoms with Gasteiger partial charge in [-0.1, -0.05) is 6.07 Å². The van der Waals surface area contributed by atoms with Crippen molar-refractivity contribution in [1.29, 1.82) is 0 Å². The molecule has 0 bridgehead atoms. The van der Waals surface area contributed by atoms with Gasteiger partial charge in [0.05, 0.1) is 11.9 Å². The Bertz CT molecular complexity index is 628. The second-order valence-corrected chi connectivity index (χ2v) is 4.10. The summed E-state index contributed by atoms with van der Waals surface area (Å²) in [6.07, 6.45) is -6.78. The third-order valence-electron chi connectivity index (χ3n) is 2.58. The van der Waals surface area contributed by atoms with Crippen LogP contribution in [-0.2, 0) is 4.79 Å². The van der Waals surface area contributed by atoms with Crippen LogP contribution in [0.25, 0.3) is 10.9 Å². The van der Waals surface area contributed by atoms with E-state index in [1.165, 1.54) is 18.3 Å². The summed E-state index contributed by atoms with van der Waals surface area (Å²) in [5.41, 5.74) is 0.473. The zero-order valence-corrected chi connectivity index (χ0v) is 10.1. The van der Waals surface area contributed by atoms with Crippen molar-refractivity contribution in [3.63, 3.8) is 0 Å². The van der Waals surface area contributed by atoms with Crippen molar-refractivity contribution in [1.82, 2.24) is 4.98 Å². The van der Waals surface area contributed by atoms with Gasteiger partial charge in [-0.05, 0) is 18.2 Å². The lowest BCUT2D eigenvalue weighted by Crippen LogP contribution is -2.36. The highest BCUT2D eigenvalue weighted by atomic mass is 19.4. The lowest BCUT2D eigenvalue weighted by molar-refractivity contribution is -0.200. The quantitative estimate of drug-likeness (QED) is 0.938. The number of rotatable bonds is 4. The number of aliphatic carboxylic acids is 1. The maximum Gasteiger partial charge on any atom is 0.425 e. The maximum absolute atomic E-state index is 12.7. The first-order valence-electron chi connectivity index (χ1n) is 5.66. The molecular weight excluding hydrogens is 275 g/mol. The number of nitrogens with zero attached hydrogens (tertiary/aromatic N) is 1. The van der Waals surface area contributed by atoms with E-state index in [9.17, 15) is 18.0 Å². The fourth-order valence-electron chi connectivity index (χ4n) is 1.67. The van der Waals surface area contributed by atoms with Gasteiger partial charge in [-0.15, -0.1) is 0 Å². The first-order valence-corrected chi connectivity index (χ1v) is 5.66. The second kappa shape index (κ2) is 5.36. The molecule has 1 aromatic carbocycles. The second-order valence-electron chi connectivity index (χ2n) is 4.10. The minimum Gasteiger partial charge on any atom is -0.481 e. The number of carbonyl (C=O) groups is 1. The largest absolute Gasteiger partial charge is 0.481 e. The van der Waals surface area contributed by atoms with Gasteiger partial charge >= 0.3 is 12.1 Å². The smallest absolute Gasteiger partial charge is 0.425 e. The summed E-state index contributed by atoms with van der Waals surface area (Å²) in [5.74, 6) is -1.65. The van der Waals surface area contributed by atoms with Crippen molar-refractivity contribution in [2.24, 2.45) is 0 Å². The maximum atomic E-state index is 12.7. The molecule has 1 unspecified atom stereocenters. The summed E-state index contributed by atoms with van der Waals surface area (Å²) >= 11 is 0. The Morgan fingerprint density at radius 3 is 2.75 bits per heavy atom. The Morgan fingerprint density at radius 1 is 1.35 bits per heavy atom. The van der Waals surface area contributed by atoms with Crippen LogP contribution in [0.5, 0.6) is 5.75 Å². The summed E-state index contributed by atoms with van der Waals surface area (Å²) in [4.78, 5) is 14.5. The number of alkyl halides is 3. The molecule has 1 atom stereocenters. The molecule has 1 N–H and O–H groups in total. The molecule has 0 aliphatic carbocycles. The third kappa shape index (κ3) is 3.37. The van der Waals surface area contributed by atoms with Crippen LogP contribution in [0.3, 0.4) is 0 Å². The van der Waals surface area contributed by atoms with Gasteiger partial charge in [-0.3, -0.25) is 9.78 Å². The lowest BCUT2D eigenvalue weighted by Gasteiger charge is -2.20. The number of benzene rings is 1. The van der Waals surface area contributed by atoms with Gasteiger partial charge in [-0.2, -0.15) is 13.2 Å². The molecule has 0 saturated heterocycles. The van der Waals surface area contributed by atoms with Crippen molar-refractivity contribution in [2.75, 3.05) is 0 Å². The molecule has 2 aromatic rings. The fraction of sp³-hybridized carbons (Fsp3) is 0.231.